The molecule has 1 rings (SSSR count). The van der Waals surface area contributed by atoms with E-state index in [1.165, 1.54) is 18.2 Å². The van der Waals surface area contributed by atoms with Crippen molar-refractivity contribution in [2.75, 3.05) is 0 Å². The average Bonchev–Trinajstić information content (AvgIpc) is 2.68. The minimum atomic E-state index is -1.35. The Bertz CT molecular complexity index is 845. The molecule has 0 bridgehead atoms. The quantitative estimate of drug-likeness (QED) is 0.386. The van der Waals surface area contributed by atoms with Crippen molar-refractivity contribution in [3.05, 3.63) is 29.6 Å². The molecular weight excluding hydrogens is 426 g/mol. The Morgan fingerprint density at radius 2 is 1.09 bits per heavy atom. The van der Waals surface area contributed by atoms with Gasteiger partial charge in [-0.3, -0.25) is 20.2 Å². The number of primary amides is 2. The fourth-order valence-corrected chi connectivity index (χ4v) is 2.38. The van der Waals surface area contributed by atoms with Crippen LogP contribution in [0.4, 0.5) is 9.59 Å². The minimum absolute atomic E-state index is 0.334. The molecule has 2 atom stereocenters. The van der Waals surface area contributed by atoms with Gasteiger partial charge in [0.15, 0.2) is 12.2 Å². The third-order valence-electron chi connectivity index (χ3n) is 3.86. The molecule has 0 spiro atoms. The fraction of sp³-hybridized carbons (Fsp3) is 0.421. The Kier molecular flexibility index (Phi) is 9.25. The number of rotatable bonds is 8. The normalized spacial score (nSPS) is 12.4. The molecule has 13 heteroatoms. The van der Waals surface area contributed by atoms with Gasteiger partial charge >= 0.3 is 24.0 Å². The van der Waals surface area contributed by atoms with E-state index in [1.807, 2.05) is 10.6 Å². The molecular formula is C19H25N5O8. The van der Waals surface area contributed by atoms with E-state index in [4.69, 9.17) is 20.9 Å². The van der Waals surface area contributed by atoms with Crippen LogP contribution in [0.25, 0.3) is 0 Å². The van der Waals surface area contributed by atoms with Gasteiger partial charge in [0.05, 0.1) is 0 Å². The number of hydrogen-bond acceptors (Lipinski definition) is 9. The van der Waals surface area contributed by atoms with Crippen LogP contribution < -0.4 is 22.1 Å². The molecule has 6 N–H and O–H groups in total. The van der Waals surface area contributed by atoms with E-state index in [0.717, 1.165) is 0 Å². The Morgan fingerprint density at radius 1 is 0.750 bits per heavy atom. The molecule has 1 aromatic rings. The summed E-state index contributed by atoms with van der Waals surface area (Å²) in [5, 5.41) is 3.65. The maximum Gasteiger partial charge on any atom is 0.357 e. The largest absolute Gasteiger partial charge is 0.447 e. The number of ether oxygens (including phenoxy) is 2. The van der Waals surface area contributed by atoms with E-state index in [-0.39, 0.29) is 11.4 Å². The number of imide groups is 2. The van der Waals surface area contributed by atoms with Crippen LogP contribution in [-0.4, -0.2) is 53.0 Å². The maximum absolute atomic E-state index is 12.4. The molecule has 1 aromatic heterocycles. The van der Waals surface area contributed by atoms with Crippen LogP contribution in [0.15, 0.2) is 18.2 Å². The summed E-state index contributed by atoms with van der Waals surface area (Å²) in [6.45, 7) is 6.29. The summed E-state index contributed by atoms with van der Waals surface area (Å²) in [6.07, 6.45) is -2.70. The second kappa shape index (κ2) is 11.4. The highest BCUT2D eigenvalue weighted by atomic mass is 16.6. The van der Waals surface area contributed by atoms with Gasteiger partial charge in [-0.2, -0.15) is 0 Å². The molecule has 2 unspecified atom stereocenters. The van der Waals surface area contributed by atoms with Crippen LogP contribution in [0.2, 0.25) is 0 Å². The number of aromatic nitrogens is 1. The molecule has 0 aliphatic rings. The summed E-state index contributed by atoms with van der Waals surface area (Å²) in [4.78, 5) is 74.5. The lowest BCUT2D eigenvalue weighted by Crippen LogP contribution is -2.46. The first-order valence-corrected chi connectivity index (χ1v) is 9.43. The Labute approximate surface area is 183 Å². The molecule has 0 aromatic carbocycles. The Balaban J connectivity index is 3.01. The minimum Gasteiger partial charge on any atom is -0.447 e. The van der Waals surface area contributed by atoms with Gasteiger partial charge in [0.1, 0.15) is 11.4 Å². The smallest absolute Gasteiger partial charge is 0.357 e. The van der Waals surface area contributed by atoms with Crippen molar-refractivity contribution in [3.8, 4) is 0 Å². The van der Waals surface area contributed by atoms with Crippen LogP contribution in [0.5, 0.6) is 0 Å². The molecule has 13 nitrogen and oxygen atoms in total. The first-order chi connectivity index (χ1) is 14.8. The summed E-state index contributed by atoms with van der Waals surface area (Å²) in [6, 6.07) is 1.53. The van der Waals surface area contributed by atoms with Gasteiger partial charge in [0.2, 0.25) is 0 Å². The zero-order chi connectivity index (χ0) is 24.6. The predicted molar refractivity (Wildman–Crippen MR) is 108 cm³/mol. The van der Waals surface area contributed by atoms with E-state index >= 15 is 0 Å². The summed E-state index contributed by atoms with van der Waals surface area (Å²) in [5.41, 5.74) is 9.14. The SMILES string of the molecule is CC(C)C(OC(=O)c1cccc(C(=O)OC(C(=O)NC(N)=O)C(C)C)n1)C(=O)NC(N)=O. The molecule has 32 heavy (non-hydrogen) atoms. The second-order valence-electron chi connectivity index (χ2n) is 7.25. The number of esters is 2. The Morgan fingerprint density at radius 3 is 1.38 bits per heavy atom. The number of pyridine rings is 1. The highest BCUT2D eigenvalue weighted by Crippen LogP contribution is 2.13. The summed E-state index contributed by atoms with van der Waals surface area (Å²) >= 11 is 0. The first-order valence-electron chi connectivity index (χ1n) is 9.43. The fourth-order valence-electron chi connectivity index (χ4n) is 2.38. The lowest BCUT2D eigenvalue weighted by Gasteiger charge is -2.20. The maximum atomic E-state index is 12.4. The molecule has 0 saturated heterocycles. The number of carbonyl (C=O) groups excluding carboxylic acids is 6. The molecule has 0 saturated carbocycles. The van der Waals surface area contributed by atoms with Crippen molar-refractivity contribution in [2.24, 2.45) is 23.3 Å². The highest BCUT2D eigenvalue weighted by Gasteiger charge is 2.30. The second-order valence-corrected chi connectivity index (χ2v) is 7.25. The van der Waals surface area contributed by atoms with E-state index < -0.39 is 59.9 Å². The van der Waals surface area contributed by atoms with Gasteiger partial charge in [-0.1, -0.05) is 33.8 Å². The third kappa shape index (κ3) is 7.66. The molecule has 0 aliphatic carbocycles. The first kappa shape index (κ1) is 26.0. The summed E-state index contributed by atoms with van der Waals surface area (Å²) in [7, 11) is 0. The van der Waals surface area contributed by atoms with Gasteiger partial charge < -0.3 is 20.9 Å². The average molecular weight is 451 g/mol. The monoisotopic (exact) mass is 451 g/mol. The van der Waals surface area contributed by atoms with Crippen LogP contribution in [0.1, 0.15) is 48.7 Å². The van der Waals surface area contributed by atoms with E-state index in [9.17, 15) is 28.8 Å². The summed E-state index contributed by atoms with van der Waals surface area (Å²) < 4.78 is 10.2. The lowest BCUT2D eigenvalue weighted by molar-refractivity contribution is -0.131. The number of urea groups is 2. The van der Waals surface area contributed by atoms with Crippen molar-refractivity contribution in [1.29, 1.82) is 0 Å². The number of hydrogen-bond donors (Lipinski definition) is 4. The Hall–Kier alpha value is -4.03. The van der Waals surface area contributed by atoms with Crippen molar-refractivity contribution in [2.45, 2.75) is 39.9 Å². The molecule has 0 fully saturated rings. The van der Waals surface area contributed by atoms with Crippen molar-refractivity contribution in [3.63, 3.8) is 0 Å². The topological polar surface area (TPSA) is 210 Å². The third-order valence-corrected chi connectivity index (χ3v) is 3.86. The van der Waals surface area contributed by atoms with Crippen LogP contribution >= 0.6 is 0 Å². The molecule has 0 radical (unpaired) electrons. The van der Waals surface area contributed by atoms with Gasteiger partial charge in [-0.15, -0.1) is 0 Å². The number of nitrogens with one attached hydrogen (secondary N) is 2. The highest BCUT2D eigenvalue weighted by molar-refractivity contribution is 5.99. The zero-order valence-corrected chi connectivity index (χ0v) is 17.9. The number of carbonyl (C=O) groups is 6. The predicted octanol–water partition coefficient (Wildman–Crippen LogP) is -0.166. The molecule has 0 aliphatic heterocycles. The number of nitrogens with two attached hydrogens (primary N) is 2. The van der Waals surface area contributed by atoms with Gasteiger partial charge in [-0.25, -0.2) is 24.2 Å². The summed E-state index contributed by atoms with van der Waals surface area (Å²) in [5.74, 6) is -4.97. The van der Waals surface area contributed by atoms with Crippen LogP contribution in [0, 0.1) is 11.8 Å². The standard InChI is InChI=1S/C19H25N5O8/c1-8(2)12(14(25)23-18(20)29)31-16(27)10-6-5-7-11(22-10)17(28)32-13(9(3)4)15(26)24-19(21)30/h5-9,12-13H,1-4H3,(H3,20,23,25,29)(H3,21,24,26,30). The van der Waals surface area contributed by atoms with E-state index in [1.54, 1.807) is 27.7 Å². The van der Waals surface area contributed by atoms with Gasteiger partial charge in [-0.05, 0) is 24.0 Å². The number of nitrogens with zero attached hydrogens (tertiary/aromatic N) is 1. The van der Waals surface area contributed by atoms with Gasteiger partial charge in [0.25, 0.3) is 11.8 Å². The molecule has 6 amide bonds. The number of amides is 6. The van der Waals surface area contributed by atoms with Gasteiger partial charge in [0, 0.05) is 0 Å². The van der Waals surface area contributed by atoms with E-state index in [0.29, 0.717) is 0 Å². The molecule has 174 valence electrons. The molecule has 1 heterocycles. The van der Waals surface area contributed by atoms with Crippen molar-refractivity contribution in [1.82, 2.24) is 15.6 Å². The zero-order valence-electron chi connectivity index (χ0n) is 17.9. The van der Waals surface area contributed by atoms with Crippen molar-refractivity contribution >= 4 is 35.8 Å². The van der Waals surface area contributed by atoms with Crippen molar-refractivity contribution < 1.29 is 38.2 Å². The van der Waals surface area contributed by atoms with E-state index in [2.05, 4.69) is 4.98 Å². The van der Waals surface area contributed by atoms with Crippen LogP contribution in [0.3, 0.4) is 0 Å². The lowest BCUT2D eigenvalue weighted by atomic mass is 10.1. The van der Waals surface area contributed by atoms with Crippen LogP contribution in [-0.2, 0) is 19.1 Å².